The lowest BCUT2D eigenvalue weighted by molar-refractivity contribution is 0.0679. The van der Waals surface area contributed by atoms with Crippen LogP contribution in [0.1, 0.15) is 61.7 Å². The molecule has 1 saturated heterocycles. The summed E-state index contributed by atoms with van der Waals surface area (Å²) in [6, 6.07) is 7.43. The van der Waals surface area contributed by atoms with Crippen LogP contribution in [-0.2, 0) is 4.74 Å². The third-order valence-corrected chi connectivity index (χ3v) is 6.14. The fraction of sp³-hybridized carbons (Fsp3) is 0.682. The van der Waals surface area contributed by atoms with Gasteiger partial charge in [0, 0.05) is 24.3 Å². The molecular weight excluding hydrogens is 340 g/mol. The third-order valence-electron chi connectivity index (χ3n) is 6.14. The minimum atomic E-state index is -0.00820. The molecule has 1 N–H and O–H groups in total. The Bertz CT molecular complexity index is 586. The topological polar surface area (TPSA) is 50.8 Å². The molecule has 1 atom stereocenters. The van der Waals surface area contributed by atoms with Crippen molar-refractivity contribution < 1.29 is 14.3 Å². The molecule has 1 aliphatic heterocycles. The minimum absolute atomic E-state index is 0.00820. The average Bonchev–Trinajstić information content (AvgIpc) is 3.08. The molecule has 5 heteroatoms. The molecule has 1 aliphatic carbocycles. The van der Waals surface area contributed by atoms with Gasteiger partial charge >= 0.3 is 0 Å². The van der Waals surface area contributed by atoms with Gasteiger partial charge in [-0.05, 0) is 64.0 Å². The number of likely N-dealkylation sites (N-methyl/N-ethyl adjacent to an activating group) is 1. The Morgan fingerprint density at radius 3 is 2.44 bits per heavy atom. The Hall–Kier alpha value is -1.59. The SMILES string of the molecule is CN(C)C1(CNC(=O)c2ccc(OCC3CCCO3)cc2)CCCCCC1. The molecule has 1 aromatic rings. The fourth-order valence-corrected chi connectivity index (χ4v) is 4.18. The fourth-order valence-electron chi connectivity index (χ4n) is 4.18. The molecule has 5 nitrogen and oxygen atoms in total. The van der Waals surface area contributed by atoms with Crippen LogP contribution < -0.4 is 10.1 Å². The zero-order chi connectivity index (χ0) is 19.1. The molecule has 27 heavy (non-hydrogen) atoms. The van der Waals surface area contributed by atoms with E-state index in [4.69, 9.17) is 9.47 Å². The van der Waals surface area contributed by atoms with E-state index < -0.39 is 0 Å². The van der Waals surface area contributed by atoms with Crippen LogP contribution in [0.4, 0.5) is 0 Å². The number of amides is 1. The van der Waals surface area contributed by atoms with Crippen molar-refractivity contribution in [2.75, 3.05) is 33.9 Å². The van der Waals surface area contributed by atoms with Gasteiger partial charge < -0.3 is 19.7 Å². The number of benzene rings is 1. The zero-order valence-corrected chi connectivity index (χ0v) is 16.8. The number of ether oxygens (including phenoxy) is 2. The molecule has 0 bridgehead atoms. The lowest BCUT2D eigenvalue weighted by Crippen LogP contribution is -2.52. The number of rotatable bonds is 7. The molecule has 0 spiro atoms. The zero-order valence-electron chi connectivity index (χ0n) is 16.8. The molecule has 2 fully saturated rings. The molecule has 1 heterocycles. The van der Waals surface area contributed by atoms with Crippen LogP contribution in [0.25, 0.3) is 0 Å². The van der Waals surface area contributed by atoms with E-state index in [9.17, 15) is 4.79 Å². The van der Waals surface area contributed by atoms with Crippen molar-refractivity contribution in [1.82, 2.24) is 10.2 Å². The number of carbonyl (C=O) groups is 1. The maximum Gasteiger partial charge on any atom is 0.251 e. The third kappa shape index (κ3) is 5.45. The van der Waals surface area contributed by atoms with Gasteiger partial charge in [-0.2, -0.15) is 0 Å². The van der Waals surface area contributed by atoms with Crippen LogP contribution in [0.2, 0.25) is 0 Å². The largest absolute Gasteiger partial charge is 0.491 e. The summed E-state index contributed by atoms with van der Waals surface area (Å²) in [5.74, 6) is 0.779. The Kier molecular flexibility index (Phi) is 7.13. The van der Waals surface area contributed by atoms with E-state index in [1.54, 1.807) is 0 Å². The second kappa shape index (κ2) is 9.56. The molecule has 1 aromatic carbocycles. The van der Waals surface area contributed by atoms with Crippen molar-refractivity contribution in [1.29, 1.82) is 0 Å². The lowest BCUT2D eigenvalue weighted by atomic mass is 9.88. The highest BCUT2D eigenvalue weighted by molar-refractivity contribution is 5.94. The Morgan fingerprint density at radius 1 is 1.15 bits per heavy atom. The van der Waals surface area contributed by atoms with Crippen molar-refractivity contribution in [3.8, 4) is 5.75 Å². The number of carbonyl (C=O) groups excluding carboxylic acids is 1. The molecule has 1 unspecified atom stereocenters. The van der Waals surface area contributed by atoms with Gasteiger partial charge in [-0.25, -0.2) is 0 Å². The van der Waals surface area contributed by atoms with E-state index in [0.29, 0.717) is 18.7 Å². The smallest absolute Gasteiger partial charge is 0.251 e. The van der Waals surface area contributed by atoms with Crippen LogP contribution in [0.5, 0.6) is 5.75 Å². The van der Waals surface area contributed by atoms with Crippen molar-refractivity contribution in [3.05, 3.63) is 29.8 Å². The van der Waals surface area contributed by atoms with Gasteiger partial charge in [0.05, 0.1) is 6.10 Å². The number of nitrogens with zero attached hydrogens (tertiary/aromatic N) is 1. The number of hydrogen-bond acceptors (Lipinski definition) is 4. The van der Waals surface area contributed by atoms with Crippen LogP contribution in [-0.4, -0.2) is 56.3 Å². The number of nitrogens with one attached hydrogen (secondary N) is 1. The van der Waals surface area contributed by atoms with Gasteiger partial charge in [-0.3, -0.25) is 4.79 Å². The molecule has 0 radical (unpaired) electrons. The van der Waals surface area contributed by atoms with E-state index >= 15 is 0 Å². The van der Waals surface area contributed by atoms with Crippen molar-refractivity contribution in [2.24, 2.45) is 0 Å². The first-order valence-corrected chi connectivity index (χ1v) is 10.4. The summed E-state index contributed by atoms with van der Waals surface area (Å²) in [4.78, 5) is 14.9. The Labute approximate surface area is 163 Å². The summed E-state index contributed by atoms with van der Waals surface area (Å²) >= 11 is 0. The van der Waals surface area contributed by atoms with Crippen LogP contribution in [0.15, 0.2) is 24.3 Å². The monoisotopic (exact) mass is 374 g/mol. The quantitative estimate of drug-likeness (QED) is 0.741. The first kappa shape index (κ1) is 20.2. The minimum Gasteiger partial charge on any atom is -0.491 e. The van der Waals surface area contributed by atoms with Gasteiger partial charge in [0.1, 0.15) is 12.4 Å². The molecule has 1 saturated carbocycles. The Balaban J connectivity index is 1.52. The summed E-state index contributed by atoms with van der Waals surface area (Å²) in [7, 11) is 4.27. The van der Waals surface area contributed by atoms with E-state index in [2.05, 4.69) is 24.3 Å². The first-order chi connectivity index (χ1) is 13.1. The predicted molar refractivity (Wildman–Crippen MR) is 107 cm³/mol. The highest BCUT2D eigenvalue weighted by Gasteiger charge is 2.33. The maximum atomic E-state index is 12.6. The van der Waals surface area contributed by atoms with Crippen molar-refractivity contribution in [2.45, 2.75) is 63.0 Å². The van der Waals surface area contributed by atoms with E-state index in [1.807, 2.05) is 24.3 Å². The number of hydrogen-bond donors (Lipinski definition) is 1. The van der Waals surface area contributed by atoms with E-state index in [1.165, 1.54) is 25.7 Å². The van der Waals surface area contributed by atoms with Crippen LogP contribution in [0.3, 0.4) is 0 Å². The molecule has 1 amide bonds. The molecule has 0 aromatic heterocycles. The van der Waals surface area contributed by atoms with E-state index in [-0.39, 0.29) is 17.6 Å². The normalized spacial score (nSPS) is 22.4. The van der Waals surface area contributed by atoms with Gasteiger partial charge in [-0.15, -0.1) is 0 Å². The average molecular weight is 375 g/mol. The van der Waals surface area contributed by atoms with Gasteiger partial charge in [0.15, 0.2) is 0 Å². The highest BCUT2D eigenvalue weighted by atomic mass is 16.5. The van der Waals surface area contributed by atoms with Crippen molar-refractivity contribution >= 4 is 5.91 Å². The molecule has 3 rings (SSSR count). The second-order valence-corrected chi connectivity index (χ2v) is 8.19. The van der Waals surface area contributed by atoms with Gasteiger partial charge in [0.25, 0.3) is 5.91 Å². The standard InChI is InChI=1S/C22H34N2O3/c1-24(2)22(13-5-3-4-6-14-22)17-23-21(25)18-9-11-19(12-10-18)27-16-20-8-7-15-26-20/h9-12,20H,3-8,13-17H2,1-2H3,(H,23,25). The first-order valence-electron chi connectivity index (χ1n) is 10.4. The van der Waals surface area contributed by atoms with Crippen LogP contribution in [0, 0.1) is 0 Å². The summed E-state index contributed by atoms with van der Waals surface area (Å²) in [5.41, 5.74) is 0.762. The van der Waals surface area contributed by atoms with E-state index in [0.717, 1.165) is 38.0 Å². The van der Waals surface area contributed by atoms with Crippen LogP contribution >= 0.6 is 0 Å². The molecule has 2 aliphatic rings. The summed E-state index contributed by atoms with van der Waals surface area (Å²) in [6.07, 6.45) is 9.76. The molecule has 150 valence electrons. The van der Waals surface area contributed by atoms with Gasteiger partial charge in [0.2, 0.25) is 0 Å². The second-order valence-electron chi connectivity index (χ2n) is 8.19. The lowest BCUT2D eigenvalue weighted by Gasteiger charge is -2.39. The summed E-state index contributed by atoms with van der Waals surface area (Å²) < 4.78 is 11.3. The van der Waals surface area contributed by atoms with Crippen molar-refractivity contribution in [3.63, 3.8) is 0 Å². The summed E-state index contributed by atoms with van der Waals surface area (Å²) in [6.45, 7) is 2.12. The maximum absolute atomic E-state index is 12.6. The molecular formula is C22H34N2O3. The summed E-state index contributed by atoms with van der Waals surface area (Å²) in [5, 5.41) is 3.17. The Morgan fingerprint density at radius 2 is 1.85 bits per heavy atom. The van der Waals surface area contributed by atoms with Gasteiger partial charge in [-0.1, -0.05) is 25.7 Å². The predicted octanol–water partition coefficient (Wildman–Crippen LogP) is 3.63. The highest BCUT2D eigenvalue weighted by Crippen LogP contribution is 2.30.